The molecule has 2 aliphatic rings. The first-order chi connectivity index (χ1) is 15.5. The summed E-state index contributed by atoms with van der Waals surface area (Å²) in [5.41, 5.74) is 2.64. The Hall–Kier alpha value is -1.20. The minimum Gasteiger partial charge on any atom is -0.493 e. The van der Waals surface area contributed by atoms with Gasteiger partial charge >= 0.3 is 0 Å². The molecule has 33 heavy (non-hydrogen) atoms. The number of fused-ring (bicyclic) bond motifs is 1. The van der Waals surface area contributed by atoms with Gasteiger partial charge in [-0.15, -0.1) is 0 Å². The largest absolute Gasteiger partial charge is 0.493 e. The van der Waals surface area contributed by atoms with Gasteiger partial charge in [-0.05, 0) is 62.8 Å². The average Bonchev–Trinajstić information content (AvgIpc) is 3.23. The predicted molar refractivity (Wildman–Crippen MR) is 132 cm³/mol. The normalized spacial score (nSPS) is 19.9. The zero-order valence-electron chi connectivity index (χ0n) is 20.3. The zero-order chi connectivity index (χ0) is 24.2. The summed E-state index contributed by atoms with van der Waals surface area (Å²) in [4.78, 5) is 2.50. The van der Waals surface area contributed by atoms with Gasteiger partial charge in [-0.3, -0.25) is 0 Å². The highest BCUT2D eigenvalue weighted by Gasteiger charge is 2.33. The van der Waals surface area contributed by atoms with E-state index >= 15 is 0 Å². The van der Waals surface area contributed by atoms with E-state index in [0.29, 0.717) is 25.0 Å². The van der Waals surface area contributed by atoms with E-state index < -0.39 is 25.3 Å². The van der Waals surface area contributed by atoms with E-state index in [2.05, 4.69) is 41.7 Å². The molecule has 10 heteroatoms. The summed E-state index contributed by atoms with van der Waals surface area (Å²) in [5.74, 6) is 1.47. The number of ether oxygens (including phenoxy) is 1. The van der Waals surface area contributed by atoms with E-state index in [4.69, 9.17) is 4.74 Å². The van der Waals surface area contributed by atoms with Gasteiger partial charge in [0.15, 0.2) is 0 Å². The molecule has 1 unspecified atom stereocenters. The summed E-state index contributed by atoms with van der Waals surface area (Å²) < 4.78 is 57.8. The highest BCUT2D eigenvalue weighted by molar-refractivity contribution is 7.90. The van der Waals surface area contributed by atoms with E-state index in [9.17, 15) is 16.8 Å². The van der Waals surface area contributed by atoms with Crippen LogP contribution in [0.1, 0.15) is 44.7 Å². The van der Waals surface area contributed by atoms with E-state index in [1.54, 1.807) is 6.92 Å². The maximum atomic E-state index is 12.9. The lowest BCUT2D eigenvalue weighted by Crippen LogP contribution is -2.48. The maximum Gasteiger partial charge on any atom is 0.218 e. The van der Waals surface area contributed by atoms with Crippen LogP contribution in [0.4, 0.5) is 0 Å². The second-order valence-electron chi connectivity index (χ2n) is 9.50. The summed E-state index contributed by atoms with van der Waals surface area (Å²) in [7, 11) is -6.94. The van der Waals surface area contributed by atoms with Gasteiger partial charge in [-0.1, -0.05) is 19.1 Å². The lowest BCUT2D eigenvalue weighted by atomic mass is 9.96. The van der Waals surface area contributed by atoms with Crippen molar-refractivity contribution in [1.29, 1.82) is 0 Å². The van der Waals surface area contributed by atoms with Crippen molar-refractivity contribution < 1.29 is 21.6 Å². The molecule has 1 saturated heterocycles. The van der Waals surface area contributed by atoms with Crippen LogP contribution in [0.3, 0.4) is 0 Å². The van der Waals surface area contributed by atoms with Crippen LogP contribution in [0.15, 0.2) is 18.2 Å². The fraction of sp³-hybridized carbons (Fsp3) is 0.739. The quantitative estimate of drug-likeness (QED) is 0.497. The van der Waals surface area contributed by atoms with Gasteiger partial charge in [0.05, 0.1) is 18.1 Å². The lowest BCUT2D eigenvalue weighted by Gasteiger charge is -2.37. The van der Waals surface area contributed by atoms with Gasteiger partial charge in [0, 0.05) is 38.6 Å². The standard InChI is InChI=1S/C23H39N3O5S2/c1-5-25(18(2)14-21-6-7-23-22(15-21)10-13-31-23)17-20-8-11-26(12-9-20)33(29,30)19(3)16-24-32(4,27)28/h6-7,15,18-20,24H,5,8-14,16-17H2,1-4H3/t18?,19-/m0/s1. The van der Waals surface area contributed by atoms with Crippen LogP contribution in [0, 0.1) is 5.92 Å². The molecule has 1 N–H and O–H groups in total. The fourth-order valence-electron chi connectivity index (χ4n) is 4.76. The first-order valence-corrected chi connectivity index (χ1v) is 15.3. The lowest BCUT2D eigenvalue weighted by molar-refractivity contribution is 0.152. The molecule has 2 aliphatic heterocycles. The molecular formula is C23H39N3O5S2. The SMILES string of the molecule is CCN(CC1CCN(S(=O)(=O)[C@@H](C)CNS(C)(=O)=O)CC1)C(C)Cc1ccc2c(c1)CCO2. The molecule has 8 nitrogen and oxygen atoms in total. The molecule has 1 fully saturated rings. The third-order valence-electron chi connectivity index (χ3n) is 6.88. The number of hydrogen-bond donors (Lipinski definition) is 1. The molecule has 0 saturated carbocycles. The van der Waals surface area contributed by atoms with E-state index in [1.807, 2.05) is 0 Å². The first kappa shape index (κ1) is 26.4. The van der Waals surface area contributed by atoms with Crippen molar-refractivity contribution in [1.82, 2.24) is 13.9 Å². The molecular weight excluding hydrogens is 462 g/mol. The Morgan fingerprint density at radius 1 is 1.18 bits per heavy atom. The summed E-state index contributed by atoms with van der Waals surface area (Å²) in [6, 6.07) is 6.93. The molecule has 1 aromatic rings. The molecule has 0 amide bonds. The zero-order valence-corrected chi connectivity index (χ0v) is 21.9. The van der Waals surface area contributed by atoms with Crippen LogP contribution >= 0.6 is 0 Å². The Bertz CT molecular complexity index is 1000. The maximum absolute atomic E-state index is 12.9. The summed E-state index contributed by atoms with van der Waals surface area (Å²) in [5, 5.41) is -0.784. The Labute approximate surface area is 199 Å². The molecule has 0 aliphatic carbocycles. The summed E-state index contributed by atoms with van der Waals surface area (Å²) >= 11 is 0. The second-order valence-corrected chi connectivity index (χ2v) is 13.7. The van der Waals surface area contributed by atoms with Crippen LogP contribution in [0.5, 0.6) is 5.75 Å². The predicted octanol–water partition coefficient (Wildman–Crippen LogP) is 1.85. The van der Waals surface area contributed by atoms with Crippen molar-refractivity contribution in [2.24, 2.45) is 5.92 Å². The highest BCUT2D eigenvalue weighted by Crippen LogP contribution is 2.27. The summed E-state index contributed by atoms with van der Waals surface area (Å²) in [6.45, 7) is 9.60. The van der Waals surface area contributed by atoms with Crippen LogP contribution in [-0.2, 0) is 32.9 Å². The molecule has 2 heterocycles. The molecule has 1 aromatic carbocycles. The van der Waals surface area contributed by atoms with Crippen molar-refractivity contribution in [3.8, 4) is 5.75 Å². The van der Waals surface area contributed by atoms with Crippen molar-refractivity contribution in [3.05, 3.63) is 29.3 Å². The molecule has 0 spiro atoms. The first-order valence-electron chi connectivity index (χ1n) is 11.9. The van der Waals surface area contributed by atoms with Crippen molar-refractivity contribution in [2.75, 3.05) is 45.6 Å². The highest BCUT2D eigenvalue weighted by atomic mass is 32.2. The van der Waals surface area contributed by atoms with Crippen LogP contribution < -0.4 is 9.46 Å². The Balaban J connectivity index is 1.50. The van der Waals surface area contributed by atoms with E-state index in [1.165, 1.54) is 15.4 Å². The monoisotopic (exact) mass is 501 g/mol. The molecule has 2 atom stereocenters. The van der Waals surface area contributed by atoms with Gasteiger partial charge in [0.25, 0.3) is 0 Å². The van der Waals surface area contributed by atoms with Gasteiger partial charge in [0.2, 0.25) is 20.0 Å². The number of benzene rings is 1. The topological polar surface area (TPSA) is 96.0 Å². The molecule has 0 radical (unpaired) electrons. The van der Waals surface area contributed by atoms with E-state index in [-0.39, 0.29) is 6.54 Å². The fourth-order valence-corrected chi connectivity index (χ4v) is 6.95. The van der Waals surface area contributed by atoms with Gasteiger partial charge in [-0.2, -0.15) is 0 Å². The van der Waals surface area contributed by atoms with Gasteiger partial charge < -0.3 is 9.64 Å². The van der Waals surface area contributed by atoms with Crippen molar-refractivity contribution in [3.63, 3.8) is 0 Å². The third kappa shape index (κ3) is 7.14. The number of sulfonamides is 2. The molecule has 188 valence electrons. The number of likely N-dealkylation sites (N-methyl/N-ethyl adjacent to an activating group) is 1. The third-order valence-corrected chi connectivity index (χ3v) is 9.84. The Kier molecular flexibility index (Phi) is 8.82. The minimum absolute atomic E-state index is 0.100. The van der Waals surface area contributed by atoms with Crippen LogP contribution in [0.25, 0.3) is 0 Å². The van der Waals surface area contributed by atoms with Gasteiger partial charge in [-0.25, -0.2) is 25.9 Å². The Morgan fingerprint density at radius 2 is 1.88 bits per heavy atom. The minimum atomic E-state index is -3.52. The summed E-state index contributed by atoms with van der Waals surface area (Å²) in [6.07, 6.45) is 4.66. The number of rotatable bonds is 11. The van der Waals surface area contributed by atoms with Crippen molar-refractivity contribution >= 4 is 20.0 Å². The Morgan fingerprint density at radius 3 is 2.52 bits per heavy atom. The van der Waals surface area contributed by atoms with Gasteiger partial charge in [0.1, 0.15) is 5.75 Å². The van der Waals surface area contributed by atoms with E-state index in [0.717, 1.165) is 57.4 Å². The van der Waals surface area contributed by atoms with Crippen LogP contribution in [-0.4, -0.2) is 82.9 Å². The number of nitrogens with one attached hydrogen (secondary N) is 1. The number of hydrogen-bond acceptors (Lipinski definition) is 6. The van der Waals surface area contributed by atoms with Crippen molar-refractivity contribution in [2.45, 2.75) is 57.7 Å². The molecule has 0 bridgehead atoms. The smallest absolute Gasteiger partial charge is 0.218 e. The number of piperidine rings is 1. The molecule has 3 rings (SSSR count). The average molecular weight is 502 g/mol. The number of nitrogens with zero attached hydrogens (tertiary/aromatic N) is 2. The second kappa shape index (κ2) is 11.0. The van der Waals surface area contributed by atoms with Crippen LogP contribution in [0.2, 0.25) is 0 Å². The molecule has 0 aromatic heterocycles.